The van der Waals surface area contributed by atoms with Crippen molar-refractivity contribution in [2.24, 2.45) is 0 Å². The number of thiophene rings is 1. The predicted molar refractivity (Wildman–Crippen MR) is 69.5 cm³/mol. The highest BCUT2D eigenvalue weighted by Crippen LogP contribution is 2.31. The molecule has 0 spiro atoms. The number of methoxy groups -OCH3 is 1. The fourth-order valence-corrected chi connectivity index (χ4v) is 3.81. The number of ether oxygens (including phenoxy) is 1. The van der Waals surface area contributed by atoms with Crippen LogP contribution < -0.4 is 5.48 Å². The second-order valence-electron chi connectivity index (χ2n) is 3.63. The molecule has 1 amide bonds. The van der Waals surface area contributed by atoms with Crippen molar-refractivity contribution in [3.05, 3.63) is 21.4 Å². The Kier molecular flexibility index (Phi) is 4.85. The number of carbonyl (C=O) groups excluding carboxylic acids is 1. The van der Waals surface area contributed by atoms with E-state index in [9.17, 15) is 4.79 Å². The van der Waals surface area contributed by atoms with E-state index < -0.39 is 0 Å². The fourth-order valence-electron chi connectivity index (χ4n) is 1.55. The fraction of sp³-hybridized carbons (Fsp3) is 0.545. The zero-order chi connectivity index (χ0) is 12.1. The first-order chi connectivity index (χ1) is 8.31. The molecule has 1 aromatic rings. The molecule has 0 saturated heterocycles. The van der Waals surface area contributed by atoms with Crippen LogP contribution in [0.3, 0.4) is 0 Å². The Bertz CT molecular complexity index is 369. The highest BCUT2D eigenvalue weighted by molar-refractivity contribution is 7.98. The molecule has 0 aromatic carbocycles. The molecule has 0 saturated carbocycles. The molecule has 0 aliphatic carbocycles. The van der Waals surface area contributed by atoms with Crippen LogP contribution >= 0.6 is 23.1 Å². The van der Waals surface area contributed by atoms with Crippen molar-refractivity contribution >= 4 is 29.0 Å². The molecular formula is C11H15NO3S2. The van der Waals surface area contributed by atoms with Crippen molar-refractivity contribution < 1.29 is 14.4 Å². The van der Waals surface area contributed by atoms with Crippen molar-refractivity contribution in [3.8, 4) is 0 Å². The van der Waals surface area contributed by atoms with Crippen LogP contribution in [0.2, 0.25) is 0 Å². The van der Waals surface area contributed by atoms with Crippen molar-refractivity contribution in [2.45, 2.75) is 12.2 Å². The van der Waals surface area contributed by atoms with Gasteiger partial charge in [0.25, 0.3) is 5.91 Å². The van der Waals surface area contributed by atoms with Gasteiger partial charge in [-0.2, -0.15) is 11.8 Å². The molecule has 4 nitrogen and oxygen atoms in total. The van der Waals surface area contributed by atoms with E-state index in [0.29, 0.717) is 13.2 Å². The molecule has 2 rings (SSSR count). The first-order valence-electron chi connectivity index (χ1n) is 5.41. The molecule has 1 N–H and O–H groups in total. The molecule has 94 valence electrons. The summed E-state index contributed by atoms with van der Waals surface area (Å²) < 4.78 is 4.82. The molecule has 1 aliphatic heterocycles. The van der Waals surface area contributed by atoms with Gasteiger partial charge in [-0.25, -0.2) is 5.48 Å². The Morgan fingerprint density at radius 2 is 2.41 bits per heavy atom. The summed E-state index contributed by atoms with van der Waals surface area (Å²) in [6, 6.07) is 1.97. The summed E-state index contributed by atoms with van der Waals surface area (Å²) >= 11 is 3.48. The van der Waals surface area contributed by atoms with E-state index in [-0.39, 0.29) is 5.91 Å². The maximum atomic E-state index is 11.8. The molecule has 6 heteroatoms. The summed E-state index contributed by atoms with van der Waals surface area (Å²) in [4.78, 5) is 18.8. The number of hydroxylamine groups is 1. The highest BCUT2D eigenvalue weighted by Gasteiger charge is 2.17. The highest BCUT2D eigenvalue weighted by atomic mass is 32.2. The molecular weight excluding hydrogens is 258 g/mol. The maximum absolute atomic E-state index is 11.8. The number of rotatable bonds is 5. The van der Waals surface area contributed by atoms with Gasteiger partial charge in [0.1, 0.15) is 0 Å². The lowest BCUT2D eigenvalue weighted by Crippen LogP contribution is -2.24. The molecule has 2 heterocycles. The Balaban J connectivity index is 1.88. The lowest BCUT2D eigenvalue weighted by atomic mass is 10.2. The number of amides is 1. The number of thioether (sulfide) groups is 1. The summed E-state index contributed by atoms with van der Waals surface area (Å²) in [6.45, 7) is 0.834. The number of hydrogen-bond donors (Lipinski definition) is 1. The monoisotopic (exact) mass is 273 g/mol. The quantitative estimate of drug-likeness (QED) is 0.657. The van der Waals surface area contributed by atoms with Crippen LogP contribution in [0.25, 0.3) is 0 Å². The number of carbonyl (C=O) groups is 1. The summed E-state index contributed by atoms with van der Waals surface area (Å²) in [5, 5.41) is 0. The van der Waals surface area contributed by atoms with E-state index in [4.69, 9.17) is 9.57 Å². The number of aryl methyl sites for hydroxylation is 1. The lowest BCUT2D eigenvalue weighted by molar-refractivity contribution is 0.00914. The Morgan fingerprint density at radius 1 is 1.53 bits per heavy atom. The van der Waals surface area contributed by atoms with Crippen LogP contribution in [0, 0.1) is 0 Å². The second-order valence-corrected chi connectivity index (χ2v) is 5.88. The van der Waals surface area contributed by atoms with E-state index in [1.54, 1.807) is 18.4 Å². The molecule has 1 aromatic heterocycles. The van der Waals surface area contributed by atoms with Crippen molar-refractivity contribution in [2.75, 3.05) is 26.1 Å². The van der Waals surface area contributed by atoms with Crippen LogP contribution in [-0.4, -0.2) is 32.0 Å². The van der Waals surface area contributed by atoms with Crippen molar-refractivity contribution in [3.63, 3.8) is 0 Å². The molecule has 0 fully saturated rings. The summed E-state index contributed by atoms with van der Waals surface area (Å²) in [5.74, 6) is 2.01. The minimum Gasteiger partial charge on any atom is -0.382 e. The van der Waals surface area contributed by atoms with E-state index in [1.807, 2.05) is 17.8 Å². The third-order valence-corrected chi connectivity index (χ3v) is 4.65. The molecule has 17 heavy (non-hydrogen) atoms. The van der Waals surface area contributed by atoms with Gasteiger partial charge in [0.05, 0.1) is 18.1 Å². The SMILES string of the molecule is COCCONC(=O)c1cc2c(s1)CCSC2. The summed E-state index contributed by atoms with van der Waals surface area (Å²) in [5.41, 5.74) is 3.73. The van der Waals surface area contributed by atoms with Gasteiger partial charge in [-0.1, -0.05) is 0 Å². The number of fused-ring (bicyclic) bond motifs is 1. The molecule has 0 atom stereocenters. The van der Waals surface area contributed by atoms with Crippen molar-refractivity contribution in [1.29, 1.82) is 0 Å². The van der Waals surface area contributed by atoms with Crippen LogP contribution in [0.5, 0.6) is 0 Å². The van der Waals surface area contributed by atoms with Gasteiger partial charge in [-0.3, -0.25) is 9.63 Å². The van der Waals surface area contributed by atoms with Gasteiger partial charge in [0.15, 0.2) is 0 Å². The van der Waals surface area contributed by atoms with E-state index in [0.717, 1.165) is 22.8 Å². The van der Waals surface area contributed by atoms with Gasteiger partial charge in [-0.05, 0) is 23.8 Å². The van der Waals surface area contributed by atoms with Crippen molar-refractivity contribution in [1.82, 2.24) is 5.48 Å². The third kappa shape index (κ3) is 3.45. The van der Waals surface area contributed by atoms with Gasteiger partial charge < -0.3 is 4.74 Å². The van der Waals surface area contributed by atoms with Gasteiger partial charge >= 0.3 is 0 Å². The standard InChI is InChI=1S/C11H15NO3S2/c1-14-3-4-15-12-11(13)10-6-8-7-16-5-2-9(8)17-10/h6H,2-5,7H2,1H3,(H,12,13). The zero-order valence-corrected chi connectivity index (χ0v) is 11.3. The minimum atomic E-state index is -0.162. The second kappa shape index (κ2) is 6.39. The van der Waals surface area contributed by atoms with Crippen LogP contribution in [0.15, 0.2) is 6.07 Å². The maximum Gasteiger partial charge on any atom is 0.284 e. The van der Waals surface area contributed by atoms with Gasteiger partial charge in [-0.15, -0.1) is 11.3 Å². The normalized spacial score (nSPS) is 14.4. The van der Waals surface area contributed by atoms with E-state index in [1.165, 1.54) is 10.4 Å². The number of nitrogens with one attached hydrogen (secondary N) is 1. The minimum absolute atomic E-state index is 0.162. The summed E-state index contributed by atoms with van der Waals surface area (Å²) in [6.07, 6.45) is 1.07. The Morgan fingerprint density at radius 3 is 3.18 bits per heavy atom. The Labute approximate surface area is 109 Å². The van der Waals surface area contributed by atoms with Gasteiger partial charge in [0, 0.05) is 17.7 Å². The average molecular weight is 273 g/mol. The lowest BCUT2D eigenvalue weighted by Gasteiger charge is -2.08. The molecule has 1 aliphatic rings. The average Bonchev–Trinajstić information content (AvgIpc) is 2.78. The third-order valence-electron chi connectivity index (χ3n) is 2.41. The zero-order valence-electron chi connectivity index (χ0n) is 9.65. The number of hydrogen-bond acceptors (Lipinski definition) is 5. The predicted octanol–water partition coefficient (Wildman–Crippen LogP) is 1.85. The topological polar surface area (TPSA) is 47.6 Å². The molecule has 0 radical (unpaired) electrons. The van der Waals surface area contributed by atoms with Gasteiger partial charge in [0.2, 0.25) is 0 Å². The van der Waals surface area contributed by atoms with E-state index >= 15 is 0 Å². The Hall–Kier alpha value is -0.560. The van der Waals surface area contributed by atoms with Crippen LogP contribution in [-0.2, 0) is 21.7 Å². The van der Waals surface area contributed by atoms with E-state index in [2.05, 4.69) is 5.48 Å². The first-order valence-corrected chi connectivity index (χ1v) is 7.39. The summed E-state index contributed by atoms with van der Waals surface area (Å²) in [7, 11) is 1.59. The van der Waals surface area contributed by atoms with Crippen LogP contribution in [0.1, 0.15) is 20.1 Å². The smallest absolute Gasteiger partial charge is 0.284 e. The van der Waals surface area contributed by atoms with Crippen LogP contribution in [0.4, 0.5) is 0 Å². The first kappa shape index (κ1) is 12.9. The molecule has 0 unspecified atom stereocenters. The largest absolute Gasteiger partial charge is 0.382 e. The molecule has 0 bridgehead atoms.